The van der Waals surface area contributed by atoms with Gasteiger partial charge in [-0.1, -0.05) is 36.4 Å². The number of rotatable bonds is 6. The van der Waals surface area contributed by atoms with Crippen molar-refractivity contribution >= 4 is 0 Å². The monoisotopic (exact) mass is 259 g/mol. The molecule has 0 spiro atoms. The zero-order chi connectivity index (χ0) is 13.5. The van der Waals surface area contributed by atoms with Gasteiger partial charge in [0.2, 0.25) is 0 Å². The maximum atomic E-state index is 8.68. The van der Waals surface area contributed by atoms with Gasteiger partial charge in [-0.2, -0.15) is 0 Å². The lowest BCUT2D eigenvalue weighted by atomic mass is 10.2. The van der Waals surface area contributed by atoms with Crippen LogP contribution in [0.2, 0.25) is 0 Å². The second-order valence-electron chi connectivity index (χ2n) is 4.09. The average molecular weight is 259 g/mol. The molecule has 0 radical (unpaired) electrons. The Bertz CT molecular complexity index is 514. The number of methoxy groups -OCH3 is 1. The van der Waals surface area contributed by atoms with E-state index in [9.17, 15) is 0 Å². The normalized spacial score (nSPS) is 10.2. The summed E-state index contributed by atoms with van der Waals surface area (Å²) in [6.07, 6.45) is 0. The molecule has 0 saturated heterocycles. The van der Waals surface area contributed by atoms with Crippen molar-refractivity contribution in [2.45, 2.75) is 13.2 Å². The van der Waals surface area contributed by atoms with E-state index in [1.165, 1.54) is 0 Å². The smallest absolute Gasteiger partial charge is 0.161 e. The van der Waals surface area contributed by atoms with E-state index in [1.807, 2.05) is 48.5 Å². The van der Waals surface area contributed by atoms with Gasteiger partial charge in [-0.15, -0.1) is 0 Å². The first-order valence-electron chi connectivity index (χ1n) is 6.04. The summed E-state index contributed by atoms with van der Waals surface area (Å²) in [5, 5.41) is 8.68. The quantitative estimate of drug-likeness (QED) is 0.783. The van der Waals surface area contributed by atoms with Crippen LogP contribution in [0.5, 0.6) is 11.5 Å². The predicted molar refractivity (Wildman–Crippen MR) is 72.4 cm³/mol. The highest BCUT2D eigenvalue weighted by Gasteiger charge is 2.06. The minimum atomic E-state index is 0.370. The van der Waals surface area contributed by atoms with Gasteiger partial charge >= 0.3 is 0 Å². The van der Waals surface area contributed by atoms with Crippen LogP contribution in [0, 0.1) is 0 Å². The summed E-state index contributed by atoms with van der Waals surface area (Å²) in [6, 6.07) is 15.5. The minimum absolute atomic E-state index is 0.370. The molecule has 19 heavy (non-hydrogen) atoms. The molecule has 0 aromatic heterocycles. The zero-order valence-corrected chi connectivity index (χ0v) is 10.8. The molecule has 4 heteroatoms. The van der Waals surface area contributed by atoms with Crippen LogP contribution in [0.25, 0.3) is 0 Å². The molecule has 0 aliphatic carbocycles. The molecule has 2 rings (SSSR count). The fourth-order valence-corrected chi connectivity index (χ4v) is 1.77. The molecule has 0 unspecified atom stereocenters. The van der Waals surface area contributed by atoms with Crippen LogP contribution in [0.4, 0.5) is 0 Å². The molecule has 0 heterocycles. The van der Waals surface area contributed by atoms with Crippen molar-refractivity contribution in [2.75, 3.05) is 7.11 Å². The van der Waals surface area contributed by atoms with Crippen molar-refractivity contribution in [3.63, 3.8) is 0 Å². The van der Waals surface area contributed by atoms with Crippen molar-refractivity contribution in [3.05, 3.63) is 59.7 Å². The van der Waals surface area contributed by atoms with Gasteiger partial charge in [0.15, 0.2) is 11.5 Å². The SMILES string of the molecule is COc1cc(CNO)ccc1OCc1ccccc1. The number of nitrogens with one attached hydrogen (secondary N) is 1. The van der Waals surface area contributed by atoms with Crippen molar-refractivity contribution in [1.82, 2.24) is 5.48 Å². The van der Waals surface area contributed by atoms with Gasteiger partial charge in [-0.05, 0) is 23.3 Å². The number of hydroxylamine groups is 1. The second kappa shape index (κ2) is 6.78. The summed E-state index contributed by atoms with van der Waals surface area (Å²) in [5.74, 6) is 1.34. The van der Waals surface area contributed by atoms with Crippen molar-refractivity contribution < 1.29 is 14.7 Å². The van der Waals surface area contributed by atoms with Gasteiger partial charge in [0.05, 0.1) is 7.11 Å². The Morgan fingerprint density at radius 3 is 2.47 bits per heavy atom. The summed E-state index contributed by atoms with van der Waals surface area (Å²) in [7, 11) is 1.60. The minimum Gasteiger partial charge on any atom is -0.493 e. The Kier molecular flexibility index (Phi) is 4.78. The molecule has 2 aromatic rings. The van der Waals surface area contributed by atoms with E-state index >= 15 is 0 Å². The van der Waals surface area contributed by atoms with Crippen LogP contribution >= 0.6 is 0 Å². The third-order valence-corrected chi connectivity index (χ3v) is 2.75. The molecule has 100 valence electrons. The molecule has 0 bridgehead atoms. The van der Waals surface area contributed by atoms with Crippen LogP contribution in [0.3, 0.4) is 0 Å². The number of ether oxygens (including phenoxy) is 2. The zero-order valence-electron chi connectivity index (χ0n) is 10.8. The van der Waals surface area contributed by atoms with E-state index in [1.54, 1.807) is 7.11 Å². The topological polar surface area (TPSA) is 50.7 Å². The Balaban J connectivity index is 2.07. The first-order valence-corrected chi connectivity index (χ1v) is 6.04. The highest BCUT2D eigenvalue weighted by Crippen LogP contribution is 2.28. The molecule has 0 aliphatic heterocycles. The molecule has 0 amide bonds. The van der Waals surface area contributed by atoms with E-state index in [4.69, 9.17) is 14.7 Å². The highest BCUT2D eigenvalue weighted by molar-refractivity contribution is 5.43. The highest BCUT2D eigenvalue weighted by atomic mass is 16.5. The van der Waals surface area contributed by atoms with E-state index in [0.717, 1.165) is 11.1 Å². The first kappa shape index (κ1) is 13.4. The molecule has 0 aliphatic rings. The van der Waals surface area contributed by atoms with Crippen LogP contribution in [-0.2, 0) is 13.2 Å². The van der Waals surface area contributed by atoms with E-state index in [2.05, 4.69) is 5.48 Å². The molecule has 0 atom stereocenters. The third-order valence-electron chi connectivity index (χ3n) is 2.75. The Labute approximate surface area is 112 Å². The Morgan fingerprint density at radius 1 is 1.00 bits per heavy atom. The van der Waals surface area contributed by atoms with E-state index in [-0.39, 0.29) is 0 Å². The van der Waals surface area contributed by atoms with Gasteiger partial charge in [-0.25, -0.2) is 5.48 Å². The standard InChI is InChI=1S/C15H17NO3/c1-18-15-9-13(10-16-17)7-8-14(15)19-11-12-5-3-2-4-6-12/h2-9,16-17H,10-11H2,1H3. The molecule has 2 aromatic carbocycles. The van der Waals surface area contributed by atoms with Crippen molar-refractivity contribution in [3.8, 4) is 11.5 Å². The number of benzene rings is 2. The lowest BCUT2D eigenvalue weighted by Crippen LogP contribution is -2.06. The van der Waals surface area contributed by atoms with Crippen LogP contribution in [0.1, 0.15) is 11.1 Å². The third kappa shape index (κ3) is 3.71. The molecular formula is C15H17NO3. The Morgan fingerprint density at radius 2 is 1.79 bits per heavy atom. The molecule has 0 saturated carbocycles. The second-order valence-corrected chi connectivity index (χ2v) is 4.09. The summed E-state index contributed by atoms with van der Waals surface area (Å²) in [4.78, 5) is 0. The lowest BCUT2D eigenvalue weighted by Gasteiger charge is -2.12. The van der Waals surface area contributed by atoms with E-state index < -0.39 is 0 Å². The summed E-state index contributed by atoms with van der Waals surface area (Å²) < 4.78 is 11.0. The van der Waals surface area contributed by atoms with Crippen molar-refractivity contribution in [1.29, 1.82) is 0 Å². The molecular weight excluding hydrogens is 242 g/mol. The number of hydrogen-bond donors (Lipinski definition) is 2. The maximum absolute atomic E-state index is 8.68. The molecule has 2 N–H and O–H groups in total. The summed E-state index contributed by atoms with van der Waals surface area (Å²) >= 11 is 0. The fraction of sp³-hybridized carbons (Fsp3) is 0.200. The maximum Gasteiger partial charge on any atom is 0.161 e. The van der Waals surface area contributed by atoms with Crippen LogP contribution in [0.15, 0.2) is 48.5 Å². The Hall–Kier alpha value is -2.04. The molecule has 4 nitrogen and oxygen atoms in total. The average Bonchev–Trinajstić information content (AvgIpc) is 2.47. The van der Waals surface area contributed by atoms with Crippen LogP contribution in [-0.4, -0.2) is 12.3 Å². The number of hydrogen-bond acceptors (Lipinski definition) is 4. The van der Waals surface area contributed by atoms with Crippen LogP contribution < -0.4 is 15.0 Å². The van der Waals surface area contributed by atoms with E-state index in [0.29, 0.717) is 24.7 Å². The van der Waals surface area contributed by atoms with Crippen molar-refractivity contribution in [2.24, 2.45) is 0 Å². The van der Waals surface area contributed by atoms with Gasteiger partial charge in [0.25, 0.3) is 0 Å². The first-order chi connectivity index (χ1) is 9.33. The van der Waals surface area contributed by atoms with Gasteiger partial charge in [0, 0.05) is 6.54 Å². The summed E-state index contributed by atoms with van der Waals surface area (Å²) in [5.41, 5.74) is 4.14. The fourth-order valence-electron chi connectivity index (χ4n) is 1.77. The predicted octanol–water partition coefficient (Wildman–Crippen LogP) is 2.75. The lowest BCUT2D eigenvalue weighted by molar-refractivity contribution is 0.161. The summed E-state index contributed by atoms with van der Waals surface area (Å²) in [6.45, 7) is 0.865. The molecule has 0 fully saturated rings. The largest absolute Gasteiger partial charge is 0.493 e. The van der Waals surface area contributed by atoms with Gasteiger partial charge < -0.3 is 14.7 Å². The van der Waals surface area contributed by atoms with Gasteiger partial charge in [-0.3, -0.25) is 0 Å². The van der Waals surface area contributed by atoms with Gasteiger partial charge in [0.1, 0.15) is 6.61 Å².